The van der Waals surface area contributed by atoms with Crippen LogP contribution in [-0.4, -0.2) is 48.3 Å². The summed E-state index contributed by atoms with van der Waals surface area (Å²) in [4.78, 5) is 41.3. The first-order valence-electron chi connectivity index (χ1n) is 16.8. The molecular weight excluding hydrogens is 634 g/mol. The van der Waals surface area contributed by atoms with Crippen molar-refractivity contribution in [3.05, 3.63) is 119 Å². The van der Waals surface area contributed by atoms with Crippen LogP contribution in [0.3, 0.4) is 0 Å². The summed E-state index contributed by atoms with van der Waals surface area (Å²) in [5.41, 5.74) is 3.33. The van der Waals surface area contributed by atoms with Crippen LogP contribution in [0.4, 0.5) is 10.5 Å². The molecule has 10 heteroatoms. The van der Waals surface area contributed by atoms with E-state index in [1.165, 1.54) is 7.11 Å². The van der Waals surface area contributed by atoms with E-state index in [9.17, 15) is 14.4 Å². The Balaban J connectivity index is 1.24. The van der Waals surface area contributed by atoms with Crippen molar-refractivity contribution in [2.45, 2.75) is 71.9 Å². The smallest absolute Gasteiger partial charge is 0.413 e. The number of hydrogen-bond donors (Lipinski definition) is 2. The number of amides is 3. The summed E-state index contributed by atoms with van der Waals surface area (Å²) >= 11 is 0. The molecule has 4 aromatic carbocycles. The first-order chi connectivity index (χ1) is 24.0. The van der Waals surface area contributed by atoms with Crippen LogP contribution in [0.5, 0.6) is 17.2 Å². The molecule has 0 bridgehead atoms. The molecule has 1 unspecified atom stereocenters. The van der Waals surface area contributed by atoms with Crippen molar-refractivity contribution in [1.82, 2.24) is 10.2 Å². The third kappa shape index (κ3) is 9.56. The maximum Gasteiger partial charge on any atom is 0.413 e. The number of nitrogens with zero attached hydrogens (tertiary/aromatic N) is 1. The van der Waals surface area contributed by atoms with E-state index < -0.39 is 23.8 Å². The van der Waals surface area contributed by atoms with Gasteiger partial charge in [-0.25, -0.2) is 4.79 Å². The van der Waals surface area contributed by atoms with Crippen LogP contribution in [0.15, 0.2) is 91.0 Å². The van der Waals surface area contributed by atoms with Gasteiger partial charge in [0.05, 0.1) is 18.4 Å². The third-order valence-electron chi connectivity index (χ3n) is 8.08. The van der Waals surface area contributed by atoms with Crippen molar-refractivity contribution >= 4 is 23.6 Å². The van der Waals surface area contributed by atoms with E-state index in [1.54, 1.807) is 47.4 Å². The van der Waals surface area contributed by atoms with E-state index in [1.807, 2.05) is 76.2 Å². The first-order valence-corrected chi connectivity index (χ1v) is 16.8. The fourth-order valence-corrected chi connectivity index (χ4v) is 5.54. The Kier molecular flexibility index (Phi) is 11.6. The van der Waals surface area contributed by atoms with Crippen LogP contribution in [0.25, 0.3) is 0 Å². The van der Waals surface area contributed by atoms with Gasteiger partial charge in [-0.2, -0.15) is 0 Å². The van der Waals surface area contributed by atoms with Gasteiger partial charge >= 0.3 is 6.09 Å². The summed E-state index contributed by atoms with van der Waals surface area (Å²) in [5, 5.41) is 5.85. The first kappa shape index (κ1) is 35.8. The van der Waals surface area contributed by atoms with Crippen LogP contribution < -0.4 is 24.8 Å². The number of para-hydroxylation sites is 1. The van der Waals surface area contributed by atoms with E-state index in [0.29, 0.717) is 48.1 Å². The maximum absolute atomic E-state index is 13.6. The van der Waals surface area contributed by atoms with Crippen molar-refractivity contribution in [3.63, 3.8) is 0 Å². The Bertz CT molecular complexity index is 1800. The monoisotopic (exact) mass is 679 g/mol. The number of nitrogens with one attached hydrogen (secondary N) is 2. The summed E-state index contributed by atoms with van der Waals surface area (Å²) in [7, 11) is 1.47. The number of likely N-dealkylation sites (tertiary alicyclic amines) is 1. The summed E-state index contributed by atoms with van der Waals surface area (Å²) in [6, 6.07) is 27.5. The van der Waals surface area contributed by atoms with E-state index in [0.717, 1.165) is 29.5 Å². The number of carbonyl (C=O) groups is 3. The molecule has 1 saturated heterocycles. The number of methoxy groups -OCH3 is 1. The molecule has 2 N–H and O–H groups in total. The number of hydrogen-bond acceptors (Lipinski definition) is 7. The molecule has 0 spiro atoms. The zero-order valence-electron chi connectivity index (χ0n) is 29.3. The lowest BCUT2D eigenvalue weighted by molar-refractivity contribution is -0.0343. The molecule has 262 valence electrons. The van der Waals surface area contributed by atoms with Gasteiger partial charge in [0.25, 0.3) is 11.8 Å². The van der Waals surface area contributed by atoms with Crippen LogP contribution in [0, 0.1) is 6.92 Å². The van der Waals surface area contributed by atoms with Gasteiger partial charge in [-0.1, -0.05) is 54.6 Å². The number of anilines is 1. The van der Waals surface area contributed by atoms with Crippen molar-refractivity contribution in [2.24, 2.45) is 0 Å². The molecule has 0 saturated carbocycles. The molecule has 1 aliphatic rings. The zero-order valence-corrected chi connectivity index (χ0v) is 29.3. The minimum Gasteiger partial charge on any atom is -0.495 e. The van der Waals surface area contributed by atoms with E-state index in [2.05, 4.69) is 10.6 Å². The van der Waals surface area contributed by atoms with Gasteiger partial charge in [0.15, 0.2) is 6.23 Å². The SMILES string of the molecule is COc1cc(C(=O)NCc2ccc(C)cc2OCc2ccccc2)ccc1NC(=O)c1ccccc1OC1CCCCN1C(=O)OC(C)(C)C. The largest absolute Gasteiger partial charge is 0.495 e. The quantitative estimate of drug-likeness (QED) is 0.166. The molecule has 0 aliphatic carbocycles. The fraction of sp³-hybridized carbons (Fsp3) is 0.325. The molecule has 4 aromatic rings. The molecule has 1 atom stereocenters. The molecule has 0 radical (unpaired) electrons. The molecule has 5 rings (SSSR count). The van der Waals surface area contributed by atoms with Crippen LogP contribution in [0.2, 0.25) is 0 Å². The lowest BCUT2D eigenvalue weighted by Gasteiger charge is -2.36. The molecule has 50 heavy (non-hydrogen) atoms. The van der Waals surface area contributed by atoms with Crippen molar-refractivity contribution in [2.75, 3.05) is 19.0 Å². The topological polar surface area (TPSA) is 115 Å². The minimum absolute atomic E-state index is 0.257. The highest BCUT2D eigenvalue weighted by Crippen LogP contribution is 2.30. The van der Waals surface area contributed by atoms with Crippen LogP contribution >= 0.6 is 0 Å². The molecule has 3 amide bonds. The second kappa shape index (κ2) is 16.3. The highest BCUT2D eigenvalue weighted by Gasteiger charge is 2.32. The predicted molar refractivity (Wildman–Crippen MR) is 192 cm³/mol. The van der Waals surface area contributed by atoms with Crippen LogP contribution in [-0.2, 0) is 17.9 Å². The number of piperidine rings is 1. The van der Waals surface area contributed by atoms with Gasteiger partial charge in [-0.15, -0.1) is 0 Å². The van der Waals surface area contributed by atoms with Crippen molar-refractivity contribution in [3.8, 4) is 17.2 Å². The Hall–Kier alpha value is -5.51. The highest BCUT2D eigenvalue weighted by atomic mass is 16.6. The van der Waals surface area contributed by atoms with Crippen molar-refractivity contribution in [1.29, 1.82) is 0 Å². The van der Waals surface area contributed by atoms with E-state index in [-0.39, 0.29) is 18.0 Å². The molecule has 10 nitrogen and oxygen atoms in total. The summed E-state index contributed by atoms with van der Waals surface area (Å²) in [5.74, 6) is 0.614. The Labute approximate surface area is 293 Å². The van der Waals surface area contributed by atoms with Gasteiger partial charge in [0.2, 0.25) is 0 Å². The number of benzene rings is 4. The average Bonchev–Trinajstić information content (AvgIpc) is 3.10. The maximum atomic E-state index is 13.6. The Morgan fingerprint density at radius 3 is 2.36 bits per heavy atom. The lowest BCUT2D eigenvalue weighted by atomic mass is 10.1. The number of carbonyl (C=O) groups excluding carboxylic acids is 3. The molecule has 1 fully saturated rings. The molecule has 0 aromatic heterocycles. The Morgan fingerprint density at radius 2 is 1.60 bits per heavy atom. The van der Waals surface area contributed by atoms with Gasteiger partial charge in [-0.05, 0) is 88.1 Å². The number of ether oxygens (including phenoxy) is 4. The molecule has 1 heterocycles. The second-order valence-electron chi connectivity index (χ2n) is 13.2. The number of aryl methyl sites for hydroxylation is 1. The number of rotatable bonds is 11. The highest BCUT2D eigenvalue weighted by molar-refractivity contribution is 6.07. The molecular formula is C40H45N3O7. The van der Waals surface area contributed by atoms with Gasteiger partial charge in [-0.3, -0.25) is 14.5 Å². The normalized spacial score (nSPS) is 14.3. The van der Waals surface area contributed by atoms with E-state index in [4.69, 9.17) is 18.9 Å². The summed E-state index contributed by atoms with van der Waals surface area (Å²) in [6.45, 7) is 8.63. The lowest BCUT2D eigenvalue weighted by Crippen LogP contribution is -2.48. The van der Waals surface area contributed by atoms with Gasteiger partial charge in [0.1, 0.15) is 29.5 Å². The second-order valence-corrected chi connectivity index (χ2v) is 13.2. The minimum atomic E-state index is -0.644. The van der Waals surface area contributed by atoms with Gasteiger partial charge < -0.3 is 29.6 Å². The average molecular weight is 680 g/mol. The molecule has 1 aliphatic heterocycles. The summed E-state index contributed by atoms with van der Waals surface area (Å²) in [6.07, 6.45) is 1.30. The van der Waals surface area contributed by atoms with Crippen molar-refractivity contribution < 1.29 is 33.3 Å². The standard InChI is InChI=1S/C40H45N3O7/c1-27-18-19-30(34(23-27)48-26-28-13-7-6-8-14-28)25-41-37(44)29-20-21-32(35(24-29)47-5)42-38(45)31-15-9-10-16-33(31)49-36-17-11-12-22-43(36)39(46)50-40(2,3)4/h6-10,13-16,18-21,23-24,36H,11-12,17,22,25-26H2,1-5H3,(H,41,44)(H,42,45). The third-order valence-corrected chi connectivity index (χ3v) is 8.08. The predicted octanol–water partition coefficient (Wildman–Crippen LogP) is 7.89. The Morgan fingerprint density at radius 1 is 0.840 bits per heavy atom. The van der Waals surface area contributed by atoms with Gasteiger partial charge in [0, 0.05) is 30.6 Å². The summed E-state index contributed by atoms with van der Waals surface area (Å²) < 4.78 is 23.6. The van der Waals surface area contributed by atoms with Crippen LogP contribution in [0.1, 0.15) is 77.4 Å². The fourth-order valence-electron chi connectivity index (χ4n) is 5.54. The zero-order chi connectivity index (χ0) is 35.7. The van der Waals surface area contributed by atoms with E-state index >= 15 is 0 Å².